The van der Waals surface area contributed by atoms with Gasteiger partial charge in [0.25, 0.3) is 0 Å². The van der Waals surface area contributed by atoms with Gasteiger partial charge in [0.15, 0.2) is 0 Å². The summed E-state index contributed by atoms with van der Waals surface area (Å²) < 4.78 is 63.1. The lowest BCUT2D eigenvalue weighted by Crippen LogP contribution is -2.53. The molecule has 0 aromatic heterocycles. The maximum atomic E-state index is 11.4. The summed E-state index contributed by atoms with van der Waals surface area (Å²) in [6.07, 6.45) is 20.9. The molecule has 0 aliphatic carbocycles. The van der Waals surface area contributed by atoms with Crippen molar-refractivity contribution in [3.63, 3.8) is 0 Å². The molecule has 116 heavy (non-hydrogen) atoms. The highest BCUT2D eigenvalue weighted by atomic mass is 32.2. The van der Waals surface area contributed by atoms with Crippen LogP contribution in [0.3, 0.4) is 0 Å². The lowest BCUT2D eigenvalue weighted by molar-refractivity contribution is -0.130. The van der Waals surface area contributed by atoms with Gasteiger partial charge >= 0.3 is 12.2 Å². The monoisotopic (exact) mass is 1690 g/mol. The maximum absolute atomic E-state index is 11.4. The number of piperidine rings is 5. The molecular formula is C82H171N21O11S2. The van der Waals surface area contributed by atoms with E-state index < -0.39 is 20.0 Å². The number of amides is 4. The molecule has 12 saturated heterocycles. The summed E-state index contributed by atoms with van der Waals surface area (Å²) in [6.45, 7) is 38.9. The molecule has 4 amide bonds. The minimum Gasteiger partial charge on any atom is -0.453 e. The molecule has 12 heterocycles. The van der Waals surface area contributed by atoms with Crippen molar-refractivity contribution in [1.29, 1.82) is 0 Å². The van der Waals surface area contributed by atoms with Gasteiger partial charge in [0, 0.05) is 232 Å². The number of likely N-dealkylation sites (N-methyl/N-ethyl adjacent to an activating group) is 8. The Labute approximate surface area is 706 Å². The van der Waals surface area contributed by atoms with Crippen LogP contribution in [0.15, 0.2) is 0 Å². The number of carbonyl (C=O) groups excluding carboxylic acids is 4. The molecule has 0 unspecified atom stereocenters. The van der Waals surface area contributed by atoms with Crippen LogP contribution in [-0.2, 0) is 43.8 Å². The summed E-state index contributed by atoms with van der Waals surface area (Å²) in [5.41, 5.74) is 0. The van der Waals surface area contributed by atoms with Crippen LogP contribution >= 0.6 is 0 Å². The van der Waals surface area contributed by atoms with E-state index >= 15 is 0 Å². The van der Waals surface area contributed by atoms with E-state index in [1.807, 2.05) is 23.9 Å². The molecule has 12 rings (SSSR count). The number of sulfonamides is 2. The van der Waals surface area contributed by atoms with E-state index in [9.17, 15) is 36.0 Å². The SMILES string of the molecule is CC(=O)N1CCC(N2CCN(C)CC2)CC1.CC(=O)NC1CCN(C)CC1.CN(C)C[C@@H]1CCCN1C.CN(C)C[C@H]1CCCN1C.CN1CCC(N2CCN(S(C)(=O)=O)CC2)CC1.CN1CCN(C2CCN(S(C)(=O)=O)CC2)CC1.CN1CCN(C2CCOCC2)CC1.COC(=O)NC1CCN(C)CC1.COC(=O)NCCN(C)C. The zero-order chi connectivity index (χ0) is 85.9. The van der Waals surface area contributed by atoms with Gasteiger partial charge in [-0.25, -0.2) is 30.7 Å². The third-order valence-electron chi connectivity index (χ3n) is 25.0. The van der Waals surface area contributed by atoms with Crippen LogP contribution in [0.4, 0.5) is 9.59 Å². The van der Waals surface area contributed by atoms with Crippen molar-refractivity contribution >= 4 is 44.0 Å². The van der Waals surface area contributed by atoms with Crippen molar-refractivity contribution in [3.05, 3.63) is 0 Å². The van der Waals surface area contributed by atoms with Gasteiger partial charge in [0.1, 0.15) is 0 Å². The normalized spacial score (nSPS) is 24.8. The van der Waals surface area contributed by atoms with Crippen LogP contribution in [0.1, 0.15) is 117 Å². The summed E-state index contributed by atoms with van der Waals surface area (Å²) in [6, 6.07) is 5.11. The van der Waals surface area contributed by atoms with E-state index in [1.165, 1.54) is 157 Å². The molecule has 2 atom stereocenters. The first kappa shape index (κ1) is 105. The van der Waals surface area contributed by atoms with E-state index in [2.05, 4.69) is 179 Å². The summed E-state index contributed by atoms with van der Waals surface area (Å²) in [5.74, 6) is 0.330. The van der Waals surface area contributed by atoms with Crippen molar-refractivity contribution < 1.29 is 50.2 Å². The predicted molar refractivity (Wildman–Crippen MR) is 472 cm³/mol. The Bertz CT molecular complexity index is 2730. The van der Waals surface area contributed by atoms with Crippen molar-refractivity contribution in [2.45, 2.75) is 165 Å². The van der Waals surface area contributed by atoms with Crippen LogP contribution in [0.25, 0.3) is 0 Å². The second-order valence-corrected chi connectivity index (χ2v) is 39.5. The Hall–Kier alpha value is -3.34. The molecule has 12 aliphatic heterocycles. The van der Waals surface area contributed by atoms with E-state index in [4.69, 9.17) is 4.74 Å². The number of carbonyl (C=O) groups is 4. The molecule has 0 saturated carbocycles. The highest BCUT2D eigenvalue weighted by Crippen LogP contribution is 2.24. The molecule has 0 spiro atoms. The number of methoxy groups -OCH3 is 2. The number of piperazine rings is 4. The fourth-order valence-electron chi connectivity index (χ4n) is 17.0. The quantitative estimate of drug-likeness (QED) is 0.211. The number of ether oxygens (including phenoxy) is 3. The van der Waals surface area contributed by atoms with Gasteiger partial charge in [-0.1, -0.05) is 0 Å². The zero-order valence-corrected chi connectivity index (χ0v) is 78.5. The van der Waals surface area contributed by atoms with Crippen LogP contribution in [0.5, 0.6) is 0 Å². The highest BCUT2D eigenvalue weighted by Gasteiger charge is 2.33. The molecule has 34 heteroatoms. The first-order valence-electron chi connectivity index (χ1n) is 44.0. The van der Waals surface area contributed by atoms with Crippen molar-refractivity contribution in [3.8, 4) is 0 Å². The summed E-state index contributed by atoms with van der Waals surface area (Å²) in [5, 5.41) is 8.30. The van der Waals surface area contributed by atoms with E-state index in [1.54, 1.807) is 22.5 Å². The molecule has 682 valence electrons. The first-order valence-corrected chi connectivity index (χ1v) is 47.7. The van der Waals surface area contributed by atoms with Gasteiger partial charge in [-0.15, -0.1) is 0 Å². The molecule has 0 radical (unpaired) electrons. The number of hydrogen-bond acceptors (Lipinski definition) is 26. The minimum atomic E-state index is -2.99. The minimum absolute atomic E-state index is 0.0968. The molecule has 0 bridgehead atoms. The fraction of sp³-hybridized carbons (Fsp3) is 0.951. The third kappa shape index (κ3) is 44.6. The molecular weight excluding hydrogens is 1520 g/mol. The Morgan fingerprint density at radius 3 is 0.991 bits per heavy atom. The van der Waals surface area contributed by atoms with Gasteiger partial charge < -0.3 is 89.0 Å². The lowest BCUT2D eigenvalue weighted by atomic mass is 10.0. The maximum Gasteiger partial charge on any atom is 0.407 e. The second kappa shape index (κ2) is 57.2. The predicted octanol–water partition coefficient (Wildman–Crippen LogP) is 1.81. The number of nitrogens with one attached hydrogen (secondary N) is 3. The molecule has 0 aromatic rings. The molecule has 12 fully saturated rings. The Morgan fingerprint density at radius 1 is 0.371 bits per heavy atom. The Morgan fingerprint density at radius 2 is 0.681 bits per heavy atom. The lowest BCUT2D eigenvalue weighted by Gasteiger charge is -2.41. The smallest absolute Gasteiger partial charge is 0.407 e. The molecule has 32 nitrogen and oxygen atoms in total. The average molecular weight is 1690 g/mol. The van der Waals surface area contributed by atoms with Gasteiger partial charge in [0.05, 0.1) is 26.7 Å². The van der Waals surface area contributed by atoms with Crippen LogP contribution in [0, 0.1) is 0 Å². The Balaban J connectivity index is 0.000000277. The summed E-state index contributed by atoms with van der Waals surface area (Å²) in [7, 11) is 26.6. The largest absolute Gasteiger partial charge is 0.453 e. The number of nitrogens with zero attached hydrogens (tertiary/aromatic N) is 18. The summed E-state index contributed by atoms with van der Waals surface area (Å²) in [4.78, 5) is 80.9. The number of alkyl carbamates (subject to hydrolysis) is 2. The van der Waals surface area contributed by atoms with Crippen molar-refractivity contribution in [1.82, 2.24) is 103 Å². The van der Waals surface area contributed by atoms with Crippen molar-refractivity contribution in [2.24, 2.45) is 0 Å². The van der Waals surface area contributed by atoms with E-state index in [0.717, 1.165) is 181 Å². The Kier molecular flexibility index (Phi) is 51.7. The van der Waals surface area contributed by atoms with Crippen LogP contribution in [-0.4, -0.2) is 524 Å². The van der Waals surface area contributed by atoms with E-state index in [-0.39, 0.29) is 24.0 Å². The zero-order valence-electron chi connectivity index (χ0n) is 76.8. The van der Waals surface area contributed by atoms with Crippen molar-refractivity contribution in [2.75, 3.05) is 348 Å². The molecule has 12 aliphatic rings. The van der Waals surface area contributed by atoms with Gasteiger partial charge in [-0.3, -0.25) is 29.2 Å². The average Bonchev–Trinajstić information content (AvgIpc) is 0.849. The standard InChI is InChI=1S/C12H23N3O.2C11H23N3O2S.C10H20N2O.C8H16N2O2.C8H16N2O.2C8H18N2.C6H14N2O2/c1-11(16)14-5-3-12(4-6-14)15-9-7-13(2)8-10-15;1-12-7-9-13(10-8-12)11-3-5-14(6-4-11)17(2,15)16;1-12-5-3-11(4-6-12)13-7-9-14(10-8-13)17(2,15)16;1-11-4-6-12(7-5-11)10-2-8-13-9-3-10;1-10-5-3-7(4-6-10)9-8(11)12-2;1-7(11)9-8-3-5-10(2)6-4-8;2*1-9(2)7-8-5-4-6-10(8)3;1-8(2)5-4-7-6(9)10-3/h12H,3-10H2,1-2H3;2*11H,3-10H2,1-2H3;10H,2-9H2,1H3;7H,3-6H2,1-2H3,(H,9,11);8H,3-6H2,1-2H3,(H,9,11);2*8H,4-7H2,1-3H3;4-5H2,1-3H3,(H,7,9)/t;;;;;;2*8-;/m......10./s1. The van der Waals surface area contributed by atoms with Gasteiger partial charge in [-0.2, -0.15) is 4.31 Å². The van der Waals surface area contributed by atoms with Gasteiger partial charge in [-0.05, 0) is 254 Å². The topological polar surface area (TPSA) is 259 Å². The molecule has 3 N–H and O–H groups in total. The first-order chi connectivity index (χ1) is 54.9. The van der Waals surface area contributed by atoms with Crippen LogP contribution < -0.4 is 16.0 Å². The fourth-order valence-corrected chi connectivity index (χ4v) is 18.7. The highest BCUT2D eigenvalue weighted by molar-refractivity contribution is 7.88. The van der Waals surface area contributed by atoms with Gasteiger partial charge in [0.2, 0.25) is 31.9 Å². The molecule has 0 aromatic carbocycles. The number of hydrogen-bond donors (Lipinski definition) is 3. The summed E-state index contributed by atoms with van der Waals surface area (Å²) >= 11 is 0. The van der Waals surface area contributed by atoms with E-state index in [0.29, 0.717) is 62.9 Å². The number of likely N-dealkylation sites (tertiary alicyclic amines) is 6. The van der Waals surface area contributed by atoms with Crippen LogP contribution in [0.2, 0.25) is 0 Å². The second-order valence-electron chi connectivity index (χ2n) is 35.5. The number of rotatable bonds is 15. The third-order valence-corrected chi connectivity index (χ3v) is 27.6.